The van der Waals surface area contributed by atoms with Crippen molar-refractivity contribution in [3.8, 4) is 5.75 Å². The third kappa shape index (κ3) is 2.85. The summed E-state index contributed by atoms with van der Waals surface area (Å²) in [7, 11) is 0. The van der Waals surface area contributed by atoms with Crippen LogP contribution in [0.5, 0.6) is 5.75 Å². The lowest BCUT2D eigenvalue weighted by molar-refractivity contribution is 0.0334. The summed E-state index contributed by atoms with van der Waals surface area (Å²) in [5, 5.41) is 10.2. The van der Waals surface area contributed by atoms with E-state index in [0.717, 1.165) is 24.2 Å². The molecule has 0 radical (unpaired) electrons. The van der Waals surface area contributed by atoms with Crippen molar-refractivity contribution in [2.75, 3.05) is 13.2 Å². The van der Waals surface area contributed by atoms with E-state index in [1.165, 1.54) is 5.56 Å². The molecule has 0 aromatic heterocycles. The van der Waals surface area contributed by atoms with E-state index in [2.05, 4.69) is 26.8 Å². The minimum absolute atomic E-state index is 0.178. The number of benzene rings is 1. The molecule has 1 heterocycles. The molecule has 2 rings (SSSR count). The van der Waals surface area contributed by atoms with E-state index in [9.17, 15) is 5.11 Å². The Bertz CT molecular complexity index is 412. The summed E-state index contributed by atoms with van der Waals surface area (Å²) in [6, 6.07) is 5.95. The summed E-state index contributed by atoms with van der Waals surface area (Å²) in [4.78, 5) is 0. The molecule has 100 valence electrons. The van der Waals surface area contributed by atoms with Gasteiger partial charge in [0.2, 0.25) is 0 Å². The van der Waals surface area contributed by atoms with Gasteiger partial charge in [-0.3, -0.25) is 0 Å². The second kappa shape index (κ2) is 5.29. The van der Waals surface area contributed by atoms with Crippen LogP contribution in [0.15, 0.2) is 18.2 Å². The first-order valence-corrected chi connectivity index (χ1v) is 6.60. The van der Waals surface area contributed by atoms with E-state index in [-0.39, 0.29) is 5.60 Å². The lowest BCUT2D eigenvalue weighted by Gasteiger charge is -2.20. The van der Waals surface area contributed by atoms with Crippen LogP contribution in [-0.4, -0.2) is 23.9 Å². The number of aliphatic hydroxyl groups excluding tert-OH is 1. The third-order valence-electron chi connectivity index (χ3n) is 3.10. The Morgan fingerprint density at radius 2 is 2.22 bits per heavy atom. The summed E-state index contributed by atoms with van der Waals surface area (Å²) in [6.45, 7) is 7.19. The van der Waals surface area contributed by atoms with Gasteiger partial charge in [0, 0.05) is 18.6 Å². The van der Waals surface area contributed by atoms with Crippen LogP contribution in [0.1, 0.15) is 44.4 Å². The smallest absolute Gasteiger partial charge is 0.129 e. The predicted octanol–water partition coefficient (Wildman–Crippen LogP) is 2.86. The number of ether oxygens (including phenoxy) is 2. The highest BCUT2D eigenvalue weighted by Gasteiger charge is 2.32. The van der Waals surface area contributed by atoms with Crippen LogP contribution >= 0.6 is 0 Å². The minimum atomic E-state index is -0.611. The number of rotatable bonds is 5. The van der Waals surface area contributed by atoms with Crippen LogP contribution in [0, 0.1) is 0 Å². The zero-order valence-corrected chi connectivity index (χ0v) is 11.4. The minimum Gasteiger partial charge on any atom is -0.487 e. The Balaban J connectivity index is 2.13. The molecule has 0 amide bonds. The fourth-order valence-electron chi connectivity index (χ4n) is 2.33. The molecule has 0 spiro atoms. The highest BCUT2D eigenvalue weighted by Crippen LogP contribution is 2.39. The first-order chi connectivity index (χ1) is 8.53. The summed E-state index contributed by atoms with van der Waals surface area (Å²) >= 11 is 0. The Hall–Kier alpha value is -1.06. The van der Waals surface area contributed by atoms with Crippen LogP contribution in [0.4, 0.5) is 0 Å². The van der Waals surface area contributed by atoms with Gasteiger partial charge in [-0.2, -0.15) is 0 Å². The topological polar surface area (TPSA) is 38.7 Å². The quantitative estimate of drug-likeness (QED) is 0.817. The Labute approximate surface area is 109 Å². The lowest BCUT2D eigenvalue weighted by atomic mass is 9.99. The summed E-state index contributed by atoms with van der Waals surface area (Å²) in [6.07, 6.45) is 1.24. The van der Waals surface area contributed by atoms with Gasteiger partial charge in [-0.25, -0.2) is 0 Å². The molecule has 1 aliphatic rings. The molecule has 1 N–H and O–H groups in total. The first kappa shape index (κ1) is 13.4. The van der Waals surface area contributed by atoms with Crippen LogP contribution in [0.3, 0.4) is 0 Å². The molecule has 18 heavy (non-hydrogen) atoms. The fourth-order valence-corrected chi connectivity index (χ4v) is 2.33. The monoisotopic (exact) mass is 250 g/mol. The van der Waals surface area contributed by atoms with Crippen LogP contribution in [-0.2, 0) is 11.2 Å². The molecule has 1 aromatic carbocycles. The van der Waals surface area contributed by atoms with Crippen molar-refractivity contribution in [3.05, 3.63) is 29.3 Å². The van der Waals surface area contributed by atoms with Gasteiger partial charge in [-0.1, -0.05) is 25.1 Å². The van der Waals surface area contributed by atoms with E-state index in [1.807, 2.05) is 12.1 Å². The molecule has 0 aliphatic carbocycles. The summed E-state index contributed by atoms with van der Waals surface area (Å²) in [5.41, 5.74) is 1.84. The highest BCUT2D eigenvalue weighted by molar-refractivity contribution is 5.46. The second-order valence-corrected chi connectivity index (χ2v) is 5.46. The standard InChI is InChI=1S/C15H22O3/c1-4-8-17-10-13(16)12-7-5-6-11-9-15(2,3)18-14(11)12/h5-7,13,16H,4,8-10H2,1-3H3. The van der Waals surface area contributed by atoms with Crippen LogP contribution in [0.2, 0.25) is 0 Å². The first-order valence-electron chi connectivity index (χ1n) is 6.60. The molecule has 0 saturated heterocycles. The number of fused-ring (bicyclic) bond motifs is 1. The van der Waals surface area contributed by atoms with Gasteiger partial charge in [-0.05, 0) is 25.8 Å². The molecule has 0 fully saturated rings. The molecule has 0 bridgehead atoms. The second-order valence-electron chi connectivity index (χ2n) is 5.46. The molecular formula is C15H22O3. The number of aliphatic hydroxyl groups is 1. The number of para-hydroxylation sites is 1. The lowest BCUT2D eigenvalue weighted by Crippen LogP contribution is -2.25. The van der Waals surface area contributed by atoms with Gasteiger partial charge in [0.15, 0.2) is 0 Å². The molecule has 3 nitrogen and oxygen atoms in total. The molecular weight excluding hydrogens is 228 g/mol. The van der Waals surface area contributed by atoms with Gasteiger partial charge < -0.3 is 14.6 Å². The average Bonchev–Trinajstić information content (AvgIpc) is 2.62. The van der Waals surface area contributed by atoms with Crippen molar-refractivity contribution < 1.29 is 14.6 Å². The highest BCUT2D eigenvalue weighted by atomic mass is 16.5. The zero-order chi connectivity index (χ0) is 13.2. The van der Waals surface area contributed by atoms with Crippen molar-refractivity contribution in [2.45, 2.75) is 45.3 Å². The Morgan fingerprint density at radius 3 is 2.94 bits per heavy atom. The Kier molecular flexibility index (Phi) is 3.93. The maximum atomic E-state index is 10.2. The largest absolute Gasteiger partial charge is 0.487 e. The number of hydrogen-bond acceptors (Lipinski definition) is 3. The Morgan fingerprint density at radius 1 is 1.44 bits per heavy atom. The van der Waals surface area contributed by atoms with Gasteiger partial charge in [0.1, 0.15) is 17.5 Å². The SMILES string of the molecule is CCCOCC(O)c1cccc2c1OC(C)(C)C2. The van der Waals surface area contributed by atoms with Crippen molar-refractivity contribution in [3.63, 3.8) is 0 Å². The van der Waals surface area contributed by atoms with Crippen molar-refractivity contribution >= 4 is 0 Å². The van der Waals surface area contributed by atoms with Crippen LogP contribution in [0.25, 0.3) is 0 Å². The predicted molar refractivity (Wildman–Crippen MR) is 70.9 cm³/mol. The van der Waals surface area contributed by atoms with Gasteiger partial charge >= 0.3 is 0 Å². The van der Waals surface area contributed by atoms with Crippen molar-refractivity contribution in [2.24, 2.45) is 0 Å². The zero-order valence-electron chi connectivity index (χ0n) is 11.4. The van der Waals surface area contributed by atoms with Gasteiger partial charge in [-0.15, -0.1) is 0 Å². The van der Waals surface area contributed by atoms with E-state index in [0.29, 0.717) is 13.2 Å². The number of hydrogen-bond donors (Lipinski definition) is 1. The third-order valence-corrected chi connectivity index (χ3v) is 3.10. The normalized spacial score (nSPS) is 18.2. The molecule has 1 aromatic rings. The van der Waals surface area contributed by atoms with Crippen molar-refractivity contribution in [1.82, 2.24) is 0 Å². The maximum absolute atomic E-state index is 10.2. The fraction of sp³-hybridized carbons (Fsp3) is 0.600. The van der Waals surface area contributed by atoms with E-state index < -0.39 is 6.10 Å². The van der Waals surface area contributed by atoms with E-state index in [4.69, 9.17) is 9.47 Å². The molecule has 1 unspecified atom stereocenters. The van der Waals surface area contributed by atoms with Gasteiger partial charge in [0.25, 0.3) is 0 Å². The maximum Gasteiger partial charge on any atom is 0.129 e. The summed E-state index contributed by atoms with van der Waals surface area (Å²) < 4.78 is 11.3. The molecule has 1 atom stereocenters. The van der Waals surface area contributed by atoms with Crippen LogP contribution < -0.4 is 4.74 Å². The molecule has 3 heteroatoms. The van der Waals surface area contributed by atoms with E-state index in [1.54, 1.807) is 0 Å². The summed E-state index contributed by atoms with van der Waals surface area (Å²) in [5.74, 6) is 0.843. The molecule has 0 saturated carbocycles. The average molecular weight is 250 g/mol. The van der Waals surface area contributed by atoms with E-state index >= 15 is 0 Å². The molecule has 1 aliphatic heterocycles. The van der Waals surface area contributed by atoms with Crippen molar-refractivity contribution in [1.29, 1.82) is 0 Å². The van der Waals surface area contributed by atoms with Gasteiger partial charge in [0.05, 0.1) is 6.61 Å².